The Balaban J connectivity index is 1.37. The summed E-state index contributed by atoms with van der Waals surface area (Å²) in [5.41, 5.74) is 1.69. The summed E-state index contributed by atoms with van der Waals surface area (Å²) in [4.78, 5) is 26.9. The molecule has 4 atom stereocenters. The Hall–Kier alpha value is -3.45. The summed E-state index contributed by atoms with van der Waals surface area (Å²) in [5, 5.41) is 24.1. The van der Waals surface area contributed by atoms with Crippen LogP contribution in [0, 0.1) is 6.92 Å². The number of aliphatic hydroxyl groups is 2. The molecule has 4 heterocycles. The Morgan fingerprint density at radius 3 is 2.78 bits per heavy atom. The number of rotatable bonds is 6. The van der Waals surface area contributed by atoms with Crippen molar-refractivity contribution in [1.82, 2.24) is 29.7 Å². The lowest BCUT2D eigenvalue weighted by Gasteiger charge is -2.22. The van der Waals surface area contributed by atoms with Crippen LogP contribution in [0.25, 0.3) is 22.6 Å². The average Bonchev–Trinajstić information content (AvgIpc) is 3.50. The summed E-state index contributed by atoms with van der Waals surface area (Å²) in [6.07, 6.45) is -0.935. The van der Waals surface area contributed by atoms with E-state index in [0.29, 0.717) is 11.7 Å². The van der Waals surface area contributed by atoms with Gasteiger partial charge in [-0.15, -0.1) is 0 Å². The molecule has 0 amide bonds. The number of nitrogens with zero attached hydrogens (tertiary/aromatic N) is 5. The third kappa shape index (κ3) is 3.58. The van der Waals surface area contributed by atoms with E-state index in [9.17, 15) is 15.0 Å². The minimum atomic E-state index is -1.09. The Morgan fingerprint density at radius 1 is 1.25 bits per heavy atom. The normalized spacial score (nSPS) is 23.2. The van der Waals surface area contributed by atoms with Gasteiger partial charge < -0.3 is 29.2 Å². The van der Waals surface area contributed by atoms with Crippen molar-refractivity contribution in [3.05, 3.63) is 58.7 Å². The van der Waals surface area contributed by atoms with Crippen molar-refractivity contribution >= 4 is 11.2 Å². The maximum absolute atomic E-state index is 12.0. The minimum absolute atomic E-state index is 0.143. The maximum atomic E-state index is 12.0. The van der Waals surface area contributed by atoms with Crippen LogP contribution in [0.2, 0.25) is 0 Å². The van der Waals surface area contributed by atoms with Gasteiger partial charge in [-0.3, -0.25) is 9.36 Å². The highest BCUT2D eigenvalue weighted by Crippen LogP contribution is 2.33. The van der Waals surface area contributed by atoms with Crippen molar-refractivity contribution in [3.63, 3.8) is 0 Å². The first kappa shape index (κ1) is 20.5. The van der Waals surface area contributed by atoms with Crippen LogP contribution >= 0.6 is 0 Å². The van der Waals surface area contributed by atoms with Crippen LogP contribution in [-0.2, 0) is 16.1 Å². The molecule has 0 saturated carbocycles. The Labute approximate surface area is 180 Å². The van der Waals surface area contributed by atoms with E-state index in [4.69, 9.17) is 14.0 Å². The predicted octanol–water partition coefficient (Wildman–Crippen LogP) is 0.314. The van der Waals surface area contributed by atoms with E-state index in [-0.39, 0.29) is 23.3 Å². The second kappa shape index (κ2) is 8.24. The third-order valence-corrected chi connectivity index (χ3v) is 5.31. The van der Waals surface area contributed by atoms with Gasteiger partial charge in [0.15, 0.2) is 17.4 Å². The van der Waals surface area contributed by atoms with Gasteiger partial charge in [-0.05, 0) is 5.56 Å². The molecule has 3 N–H and O–H groups in total. The van der Waals surface area contributed by atoms with Crippen molar-refractivity contribution in [2.45, 2.75) is 38.1 Å². The van der Waals surface area contributed by atoms with Crippen LogP contribution in [0.15, 0.2) is 46.2 Å². The number of aromatic amines is 1. The number of aromatic nitrogens is 6. The lowest BCUT2D eigenvalue weighted by Crippen LogP contribution is -2.35. The van der Waals surface area contributed by atoms with Crippen LogP contribution in [0.3, 0.4) is 0 Å². The Morgan fingerprint density at radius 2 is 2.06 bits per heavy atom. The number of fused-ring (bicyclic) bond motifs is 1. The van der Waals surface area contributed by atoms with Gasteiger partial charge in [0.2, 0.25) is 11.7 Å². The van der Waals surface area contributed by atoms with Crippen molar-refractivity contribution in [3.8, 4) is 11.4 Å². The van der Waals surface area contributed by atoms with E-state index in [1.54, 1.807) is 6.92 Å². The number of hydrogen-bond donors (Lipinski definition) is 3. The third-order valence-electron chi connectivity index (χ3n) is 5.31. The van der Waals surface area contributed by atoms with Crippen molar-refractivity contribution < 1.29 is 24.2 Å². The fourth-order valence-electron chi connectivity index (χ4n) is 3.68. The summed E-state index contributed by atoms with van der Waals surface area (Å²) in [7, 11) is 0. The lowest BCUT2D eigenvalue weighted by atomic mass is 10.1. The summed E-state index contributed by atoms with van der Waals surface area (Å²) < 4.78 is 18.3. The molecule has 12 nitrogen and oxygen atoms in total. The van der Waals surface area contributed by atoms with Gasteiger partial charge in [0.05, 0.1) is 25.9 Å². The number of H-pyrrole nitrogens is 1. The van der Waals surface area contributed by atoms with E-state index in [1.165, 1.54) is 17.2 Å². The summed E-state index contributed by atoms with van der Waals surface area (Å²) in [5.74, 6) is 0.977. The van der Waals surface area contributed by atoms with Gasteiger partial charge in [-0.1, -0.05) is 29.4 Å². The molecule has 166 valence electrons. The highest BCUT2D eigenvalue weighted by Gasteiger charge is 2.46. The second-order valence-corrected chi connectivity index (χ2v) is 7.40. The van der Waals surface area contributed by atoms with Gasteiger partial charge in [-0.25, -0.2) is 9.97 Å². The molecule has 1 fully saturated rings. The molecule has 0 unspecified atom stereocenters. The first-order chi connectivity index (χ1) is 15.5. The zero-order valence-corrected chi connectivity index (χ0v) is 17.0. The maximum Gasteiger partial charge on any atom is 0.278 e. The Bertz CT molecular complexity index is 1280. The molecule has 1 aliphatic heterocycles. The van der Waals surface area contributed by atoms with Gasteiger partial charge in [0, 0.05) is 12.5 Å². The van der Waals surface area contributed by atoms with Crippen molar-refractivity contribution in [2.24, 2.45) is 0 Å². The molecule has 32 heavy (non-hydrogen) atoms. The SMILES string of the molecule is Cc1nc(-c2ccc(CO[C@@H]3[C@H](O)[C@@H](CO)O[C@H]3n3cnc4c(=O)[nH]cnc43)cc2)no1. The minimum Gasteiger partial charge on any atom is -0.394 e. The van der Waals surface area contributed by atoms with Crippen molar-refractivity contribution in [1.29, 1.82) is 0 Å². The van der Waals surface area contributed by atoms with Gasteiger partial charge in [0.25, 0.3) is 5.56 Å². The molecule has 0 bridgehead atoms. The number of ether oxygens (including phenoxy) is 2. The smallest absolute Gasteiger partial charge is 0.278 e. The highest BCUT2D eigenvalue weighted by molar-refractivity contribution is 5.68. The van der Waals surface area contributed by atoms with Crippen LogP contribution in [0.5, 0.6) is 0 Å². The number of aliphatic hydroxyl groups excluding tert-OH is 2. The summed E-state index contributed by atoms with van der Waals surface area (Å²) >= 11 is 0. The van der Waals surface area contributed by atoms with E-state index in [2.05, 4.69) is 25.1 Å². The van der Waals surface area contributed by atoms with Gasteiger partial charge in [0.1, 0.15) is 18.3 Å². The van der Waals surface area contributed by atoms with Gasteiger partial charge in [-0.2, -0.15) is 4.98 Å². The van der Waals surface area contributed by atoms with Crippen LogP contribution in [-0.4, -0.2) is 64.8 Å². The number of benzene rings is 1. The summed E-state index contributed by atoms with van der Waals surface area (Å²) in [6.45, 7) is 1.50. The van der Waals surface area contributed by atoms with Crippen LogP contribution in [0.1, 0.15) is 17.7 Å². The fraction of sp³-hybridized carbons (Fsp3) is 0.350. The molecule has 0 spiro atoms. The quantitative estimate of drug-likeness (QED) is 0.380. The number of nitrogens with one attached hydrogen (secondary N) is 1. The summed E-state index contributed by atoms with van der Waals surface area (Å²) in [6, 6.07) is 7.40. The molecular weight excluding hydrogens is 420 g/mol. The van der Waals surface area contributed by atoms with E-state index in [1.807, 2.05) is 24.3 Å². The molecule has 1 saturated heterocycles. The van der Waals surface area contributed by atoms with Crippen LogP contribution in [0.4, 0.5) is 0 Å². The number of hydrogen-bond acceptors (Lipinski definition) is 10. The topological polar surface area (TPSA) is 161 Å². The standard InChI is InChI=1S/C20H20N6O6/c1-10-24-17(25-32-10)12-4-2-11(3-5-12)7-30-16-15(28)13(6-27)31-20(16)26-9-23-14-18(26)21-8-22-19(14)29/h2-5,8-9,13,15-16,20,27-28H,6-7H2,1H3,(H,21,22,29)/t13-,15-,16-,20-/m1/s1. The fourth-order valence-corrected chi connectivity index (χ4v) is 3.68. The molecule has 0 aliphatic carbocycles. The predicted molar refractivity (Wildman–Crippen MR) is 108 cm³/mol. The molecule has 1 aromatic carbocycles. The van der Waals surface area contributed by atoms with E-state index < -0.39 is 31.1 Å². The number of imidazole rings is 1. The second-order valence-electron chi connectivity index (χ2n) is 7.40. The molecule has 5 rings (SSSR count). The molecule has 0 radical (unpaired) electrons. The zero-order chi connectivity index (χ0) is 22.2. The first-order valence-corrected chi connectivity index (χ1v) is 9.91. The zero-order valence-electron chi connectivity index (χ0n) is 17.0. The molecule has 4 aromatic rings. The average molecular weight is 440 g/mol. The number of aryl methyl sites for hydroxylation is 1. The Kier molecular flexibility index (Phi) is 5.27. The van der Waals surface area contributed by atoms with Gasteiger partial charge >= 0.3 is 0 Å². The largest absolute Gasteiger partial charge is 0.394 e. The molecule has 12 heteroatoms. The monoisotopic (exact) mass is 440 g/mol. The van der Waals surface area contributed by atoms with E-state index in [0.717, 1.165) is 11.1 Å². The first-order valence-electron chi connectivity index (χ1n) is 9.91. The molecule has 1 aliphatic rings. The van der Waals surface area contributed by atoms with Crippen molar-refractivity contribution in [2.75, 3.05) is 6.61 Å². The van der Waals surface area contributed by atoms with Crippen LogP contribution < -0.4 is 5.56 Å². The molecular formula is C20H20N6O6. The lowest BCUT2D eigenvalue weighted by molar-refractivity contribution is -0.0761. The highest BCUT2D eigenvalue weighted by atomic mass is 16.6. The molecule has 3 aromatic heterocycles. The van der Waals surface area contributed by atoms with E-state index >= 15 is 0 Å².